The molecule has 2 unspecified atom stereocenters. The minimum Gasteiger partial charge on any atom is -0.342 e. The van der Waals surface area contributed by atoms with Gasteiger partial charge in [0, 0.05) is 13.1 Å². The van der Waals surface area contributed by atoms with Crippen LogP contribution in [0.3, 0.4) is 0 Å². The van der Waals surface area contributed by atoms with Gasteiger partial charge in [0.05, 0.1) is 6.07 Å². The number of carbonyl (C=O) groups is 1. The summed E-state index contributed by atoms with van der Waals surface area (Å²) in [5.41, 5.74) is 0. The molecule has 3 heteroatoms. The Morgan fingerprint density at radius 2 is 2.00 bits per heavy atom. The van der Waals surface area contributed by atoms with Gasteiger partial charge in [-0.3, -0.25) is 4.79 Å². The first-order valence-corrected chi connectivity index (χ1v) is 5.25. The first-order chi connectivity index (χ1) is 6.56. The number of hydrogen-bond acceptors (Lipinski definition) is 2. The van der Waals surface area contributed by atoms with E-state index in [2.05, 4.69) is 13.8 Å². The highest BCUT2D eigenvalue weighted by molar-refractivity contribution is 5.80. The molecular weight excluding hydrogens is 176 g/mol. The lowest BCUT2D eigenvalue weighted by Gasteiger charge is -2.24. The summed E-state index contributed by atoms with van der Waals surface area (Å²) in [5, 5.41) is 8.64. The van der Waals surface area contributed by atoms with Crippen LogP contribution < -0.4 is 0 Å². The summed E-state index contributed by atoms with van der Waals surface area (Å²) in [6.45, 7) is 9.28. The highest BCUT2D eigenvalue weighted by atomic mass is 16.2. The quantitative estimate of drug-likeness (QED) is 0.675. The van der Waals surface area contributed by atoms with E-state index in [1.54, 1.807) is 11.8 Å². The van der Waals surface area contributed by atoms with Gasteiger partial charge in [0.1, 0.15) is 5.92 Å². The zero-order valence-corrected chi connectivity index (χ0v) is 9.58. The van der Waals surface area contributed by atoms with Crippen LogP contribution in [0.2, 0.25) is 0 Å². The number of rotatable bonds is 5. The van der Waals surface area contributed by atoms with Crippen molar-refractivity contribution in [1.82, 2.24) is 4.90 Å². The summed E-state index contributed by atoms with van der Waals surface area (Å²) in [6, 6.07) is 1.98. The molecule has 0 aromatic carbocycles. The molecule has 0 saturated heterocycles. The number of nitriles is 1. The average Bonchev–Trinajstić information content (AvgIpc) is 2.23. The van der Waals surface area contributed by atoms with Crippen molar-refractivity contribution < 1.29 is 4.79 Å². The van der Waals surface area contributed by atoms with E-state index in [1.165, 1.54) is 0 Å². The third-order valence-corrected chi connectivity index (χ3v) is 2.49. The van der Waals surface area contributed by atoms with E-state index in [0.29, 0.717) is 12.5 Å². The third kappa shape index (κ3) is 3.78. The Labute approximate surface area is 86.7 Å². The second kappa shape index (κ2) is 6.42. The fourth-order valence-electron chi connectivity index (χ4n) is 1.21. The van der Waals surface area contributed by atoms with E-state index < -0.39 is 5.92 Å². The van der Waals surface area contributed by atoms with Crippen molar-refractivity contribution in [2.75, 3.05) is 13.1 Å². The lowest BCUT2D eigenvalue weighted by Crippen LogP contribution is -2.37. The van der Waals surface area contributed by atoms with E-state index in [9.17, 15) is 4.79 Å². The standard InChI is InChI=1S/C11H20N2O/c1-5-9(3)8-13(6-2)11(14)10(4)7-12/h9-10H,5-6,8H2,1-4H3. The minimum atomic E-state index is -0.515. The van der Waals surface area contributed by atoms with E-state index in [4.69, 9.17) is 5.26 Å². The SMILES string of the molecule is CCC(C)CN(CC)C(=O)C(C)C#N. The molecule has 0 aliphatic carbocycles. The Morgan fingerprint density at radius 3 is 2.36 bits per heavy atom. The van der Waals surface area contributed by atoms with Gasteiger partial charge in [-0.1, -0.05) is 20.3 Å². The van der Waals surface area contributed by atoms with Crippen LogP contribution in [0.5, 0.6) is 0 Å². The van der Waals surface area contributed by atoms with Crippen molar-refractivity contribution in [2.24, 2.45) is 11.8 Å². The van der Waals surface area contributed by atoms with E-state index in [0.717, 1.165) is 13.0 Å². The molecule has 0 fully saturated rings. The van der Waals surface area contributed by atoms with Gasteiger partial charge in [0.25, 0.3) is 0 Å². The second-order valence-corrected chi connectivity index (χ2v) is 3.74. The molecule has 0 heterocycles. The molecule has 0 aromatic heterocycles. The van der Waals surface area contributed by atoms with Gasteiger partial charge in [-0.25, -0.2) is 0 Å². The molecule has 0 saturated carbocycles. The van der Waals surface area contributed by atoms with Crippen LogP contribution in [-0.2, 0) is 4.79 Å². The van der Waals surface area contributed by atoms with Gasteiger partial charge in [0.15, 0.2) is 0 Å². The molecule has 80 valence electrons. The van der Waals surface area contributed by atoms with Gasteiger partial charge in [-0.15, -0.1) is 0 Å². The maximum absolute atomic E-state index is 11.7. The molecule has 0 N–H and O–H groups in total. The predicted molar refractivity (Wildman–Crippen MR) is 56.5 cm³/mol. The monoisotopic (exact) mass is 196 g/mol. The molecule has 1 amide bonds. The zero-order valence-electron chi connectivity index (χ0n) is 9.58. The highest BCUT2D eigenvalue weighted by Crippen LogP contribution is 2.07. The predicted octanol–water partition coefficient (Wildman–Crippen LogP) is 2.04. The first kappa shape index (κ1) is 13.0. The minimum absolute atomic E-state index is 0.0460. The summed E-state index contributed by atoms with van der Waals surface area (Å²) in [7, 11) is 0. The molecule has 0 bridgehead atoms. The zero-order chi connectivity index (χ0) is 11.1. The van der Waals surface area contributed by atoms with Crippen LogP contribution >= 0.6 is 0 Å². The maximum Gasteiger partial charge on any atom is 0.239 e. The molecule has 0 aliphatic heterocycles. The number of nitrogens with zero attached hydrogens (tertiary/aromatic N) is 2. The van der Waals surface area contributed by atoms with Gasteiger partial charge >= 0.3 is 0 Å². The fourth-order valence-corrected chi connectivity index (χ4v) is 1.21. The number of amides is 1. The van der Waals surface area contributed by atoms with E-state index in [-0.39, 0.29) is 5.91 Å². The Kier molecular flexibility index (Phi) is 5.94. The number of hydrogen-bond donors (Lipinski definition) is 0. The van der Waals surface area contributed by atoms with Crippen molar-refractivity contribution >= 4 is 5.91 Å². The van der Waals surface area contributed by atoms with Crippen LogP contribution in [0.15, 0.2) is 0 Å². The van der Waals surface area contributed by atoms with Crippen LogP contribution in [0.1, 0.15) is 34.1 Å². The van der Waals surface area contributed by atoms with Crippen molar-refractivity contribution in [3.05, 3.63) is 0 Å². The molecule has 0 aliphatic rings. The molecule has 0 rings (SSSR count). The number of carbonyl (C=O) groups excluding carboxylic acids is 1. The van der Waals surface area contributed by atoms with Gasteiger partial charge in [-0.05, 0) is 19.8 Å². The molecule has 3 nitrogen and oxygen atoms in total. The van der Waals surface area contributed by atoms with Crippen molar-refractivity contribution in [3.63, 3.8) is 0 Å². The van der Waals surface area contributed by atoms with E-state index in [1.807, 2.05) is 13.0 Å². The van der Waals surface area contributed by atoms with Crippen molar-refractivity contribution in [1.29, 1.82) is 5.26 Å². The molecule has 0 aromatic rings. The van der Waals surface area contributed by atoms with Crippen LogP contribution in [0.4, 0.5) is 0 Å². The van der Waals surface area contributed by atoms with Crippen molar-refractivity contribution in [2.45, 2.75) is 34.1 Å². The maximum atomic E-state index is 11.7. The first-order valence-electron chi connectivity index (χ1n) is 5.25. The lowest BCUT2D eigenvalue weighted by molar-refractivity contribution is -0.133. The molecule has 0 radical (unpaired) electrons. The smallest absolute Gasteiger partial charge is 0.239 e. The topological polar surface area (TPSA) is 44.1 Å². The second-order valence-electron chi connectivity index (χ2n) is 3.74. The van der Waals surface area contributed by atoms with Gasteiger partial charge < -0.3 is 4.90 Å². The summed E-state index contributed by atoms with van der Waals surface area (Å²) >= 11 is 0. The normalized spacial score (nSPS) is 14.2. The lowest BCUT2D eigenvalue weighted by atomic mass is 10.1. The Balaban J connectivity index is 4.28. The van der Waals surface area contributed by atoms with Crippen LogP contribution in [-0.4, -0.2) is 23.9 Å². The molecule has 14 heavy (non-hydrogen) atoms. The average molecular weight is 196 g/mol. The van der Waals surface area contributed by atoms with E-state index >= 15 is 0 Å². The van der Waals surface area contributed by atoms with Crippen molar-refractivity contribution in [3.8, 4) is 6.07 Å². The largest absolute Gasteiger partial charge is 0.342 e. The summed E-state index contributed by atoms with van der Waals surface area (Å²) in [5.74, 6) is -0.0564. The summed E-state index contributed by atoms with van der Waals surface area (Å²) in [6.07, 6.45) is 1.06. The third-order valence-electron chi connectivity index (χ3n) is 2.49. The van der Waals surface area contributed by atoms with Crippen LogP contribution in [0, 0.1) is 23.2 Å². The Morgan fingerprint density at radius 1 is 1.43 bits per heavy atom. The van der Waals surface area contributed by atoms with Gasteiger partial charge in [0.2, 0.25) is 5.91 Å². The Hall–Kier alpha value is -1.04. The molecule has 2 atom stereocenters. The molecular formula is C11H20N2O. The Bertz CT molecular complexity index is 220. The summed E-state index contributed by atoms with van der Waals surface area (Å²) in [4.78, 5) is 13.4. The van der Waals surface area contributed by atoms with Crippen LogP contribution in [0.25, 0.3) is 0 Å². The van der Waals surface area contributed by atoms with Gasteiger partial charge in [-0.2, -0.15) is 5.26 Å². The highest BCUT2D eigenvalue weighted by Gasteiger charge is 2.19. The summed E-state index contributed by atoms with van der Waals surface area (Å²) < 4.78 is 0. The fraction of sp³-hybridized carbons (Fsp3) is 0.818. The molecule has 0 spiro atoms.